The number of rotatable bonds is 4. The first-order valence-electron chi connectivity index (χ1n) is 2.76. The molecule has 10 heavy (non-hydrogen) atoms. The van der Waals surface area contributed by atoms with Crippen LogP contribution in [0.4, 0.5) is 0 Å². The van der Waals surface area contributed by atoms with E-state index in [0.29, 0.717) is 0 Å². The third-order valence-corrected chi connectivity index (χ3v) is 0.978. The molecule has 0 radical (unpaired) electrons. The molecule has 0 aliphatic carbocycles. The van der Waals surface area contributed by atoms with Gasteiger partial charge in [0.05, 0.1) is 0 Å². The molecule has 0 unspecified atom stereocenters. The number of primary amides is 1. The molecule has 5 heteroatoms. The predicted molar refractivity (Wildman–Crippen MR) is 34.2 cm³/mol. The van der Waals surface area contributed by atoms with Gasteiger partial charge < -0.3 is 16.6 Å². The van der Waals surface area contributed by atoms with Crippen molar-refractivity contribution >= 4 is 11.9 Å². The van der Waals surface area contributed by atoms with Gasteiger partial charge in [0.25, 0.3) is 5.97 Å². The summed E-state index contributed by atoms with van der Waals surface area (Å²) < 4.78 is 0. The van der Waals surface area contributed by atoms with Crippen LogP contribution in [0.5, 0.6) is 0 Å². The summed E-state index contributed by atoms with van der Waals surface area (Å²) in [5, 5.41) is 8.16. The summed E-state index contributed by atoms with van der Waals surface area (Å²) >= 11 is 0. The van der Waals surface area contributed by atoms with Crippen LogP contribution in [0.2, 0.25) is 0 Å². The van der Waals surface area contributed by atoms with Gasteiger partial charge in [-0.3, -0.25) is 9.59 Å². The van der Waals surface area contributed by atoms with E-state index < -0.39 is 17.9 Å². The quantitative estimate of drug-likeness (QED) is 0.570. The number of carbonyl (C=O) groups is 2. The standard InChI is InChI=1S/C5H9N2O3/c6-3(5(9)10)1-2-4(7)8/h3,6H,1-2H2,(H2,7,8)(H,9,10)/q-1/t3-/m0/s1. The first-order chi connectivity index (χ1) is 4.54. The maximum absolute atomic E-state index is 10.1. The van der Waals surface area contributed by atoms with Gasteiger partial charge in [-0.1, -0.05) is 6.42 Å². The fourth-order valence-corrected chi connectivity index (χ4v) is 0.410. The summed E-state index contributed by atoms with van der Waals surface area (Å²) in [6.07, 6.45) is -0.0505. The molecule has 5 nitrogen and oxygen atoms in total. The minimum atomic E-state index is -1.23. The zero-order chi connectivity index (χ0) is 8.15. The van der Waals surface area contributed by atoms with E-state index in [4.69, 9.17) is 16.6 Å². The van der Waals surface area contributed by atoms with Gasteiger partial charge in [0.1, 0.15) is 0 Å². The van der Waals surface area contributed by atoms with Crippen molar-refractivity contribution in [2.75, 3.05) is 0 Å². The number of aliphatic carboxylic acids is 1. The van der Waals surface area contributed by atoms with E-state index >= 15 is 0 Å². The summed E-state index contributed by atoms with van der Waals surface area (Å²) in [6.45, 7) is 0. The summed E-state index contributed by atoms with van der Waals surface area (Å²) in [6, 6.07) is -1.23. The second kappa shape index (κ2) is 3.84. The minimum Gasteiger partial charge on any atom is -0.665 e. The number of nitrogens with one attached hydrogen (secondary N) is 1. The van der Waals surface area contributed by atoms with Gasteiger partial charge in [-0.05, 0) is 6.04 Å². The average Bonchev–Trinajstić information content (AvgIpc) is 1.82. The van der Waals surface area contributed by atoms with Crippen LogP contribution >= 0.6 is 0 Å². The Morgan fingerprint density at radius 3 is 2.40 bits per heavy atom. The summed E-state index contributed by atoms with van der Waals surface area (Å²) in [5.74, 6) is -1.79. The Kier molecular flexibility index (Phi) is 3.42. The third kappa shape index (κ3) is 3.85. The molecule has 4 N–H and O–H groups in total. The number of nitrogens with two attached hydrogens (primary N) is 1. The van der Waals surface area contributed by atoms with Crippen LogP contribution in [0.1, 0.15) is 12.8 Å². The molecule has 1 atom stereocenters. The monoisotopic (exact) mass is 145 g/mol. The maximum atomic E-state index is 10.1. The highest BCUT2D eigenvalue weighted by Crippen LogP contribution is 1.99. The number of hydrogen-bond donors (Lipinski definition) is 2. The highest BCUT2D eigenvalue weighted by atomic mass is 16.4. The highest BCUT2D eigenvalue weighted by molar-refractivity contribution is 5.78. The molecular formula is C5H9N2O3-. The smallest absolute Gasteiger partial charge is 0.285 e. The minimum absolute atomic E-state index is 0.00926. The Hall–Kier alpha value is -1.10. The van der Waals surface area contributed by atoms with Crippen LogP contribution in [-0.2, 0) is 9.59 Å². The predicted octanol–water partition coefficient (Wildman–Crippen LogP) is -0.243. The Morgan fingerprint density at radius 2 is 2.10 bits per heavy atom. The van der Waals surface area contributed by atoms with Gasteiger partial charge in [0, 0.05) is 6.42 Å². The summed E-state index contributed by atoms with van der Waals surface area (Å²) in [4.78, 5) is 20.0. The molecule has 0 bridgehead atoms. The second-order valence-electron chi connectivity index (χ2n) is 1.90. The molecule has 0 aliphatic rings. The Balaban J connectivity index is 3.49. The number of carboxylic acids is 1. The topological polar surface area (TPSA) is 104 Å². The van der Waals surface area contributed by atoms with E-state index in [-0.39, 0.29) is 12.8 Å². The SMILES string of the molecule is [NH-][C@@H](CCC(N)=O)C(=O)O. The third-order valence-electron chi connectivity index (χ3n) is 0.978. The molecule has 58 valence electrons. The van der Waals surface area contributed by atoms with Gasteiger partial charge in [-0.25, -0.2) is 0 Å². The molecular weight excluding hydrogens is 136 g/mol. The van der Waals surface area contributed by atoms with E-state index in [1.165, 1.54) is 0 Å². The molecule has 0 aromatic carbocycles. The van der Waals surface area contributed by atoms with Gasteiger partial charge in [-0.15, -0.1) is 0 Å². The number of carbonyl (C=O) groups excluding carboxylic acids is 1. The van der Waals surface area contributed by atoms with Crippen LogP contribution in [0, 0.1) is 0 Å². The van der Waals surface area contributed by atoms with Crippen LogP contribution in [-0.4, -0.2) is 23.0 Å². The van der Waals surface area contributed by atoms with Crippen LogP contribution in [0.25, 0.3) is 5.73 Å². The fraction of sp³-hybridized carbons (Fsp3) is 0.600. The summed E-state index contributed by atoms with van der Waals surface area (Å²) in [7, 11) is 0. The van der Waals surface area contributed by atoms with Crippen molar-refractivity contribution in [3.63, 3.8) is 0 Å². The highest BCUT2D eigenvalue weighted by Gasteiger charge is 2.04. The van der Waals surface area contributed by atoms with Gasteiger partial charge >= 0.3 is 0 Å². The zero-order valence-electron chi connectivity index (χ0n) is 5.33. The van der Waals surface area contributed by atoms with Gasteiger partial charge in [-0.2, -0.15) is 0 Å². The molecule has 0 rings (SSSR count). The van der Waals surface area contributed by atoms with E-state index in [1.54, 1.807) is 0 Å². The van der Waals surface area contributed by atoms with Crippen molar-refractivity contribution in [3.8, 4) is 0 Å². The van der Waals surface area contributed by atoms with E-state index in [1.807, 2.05) is 0 Å². The lowest BCUT2D eigenvalue weighted by Crippen LogP contribution is -2.19. The number of hydrogen-bond acceptors (Lipinski definition) is 2. The number of amides is 1. The van der Waals surface area contributed by atoms with Crippen molar-refractivity contribution in [2.45, 2.75) is 18.9 Å². The maximum Gasteiger partial charge on any atom is 0.285 e. The normalized spacial score (nSPS) is 12.5. The molecule has 0 aromatic rings. The number of carboxylic acid groups (broad SMARTS) is 1. The lowest BCUT2D eigenvalue weighted by molar-refractivity contribution is -0.137. The molecule has 0 saturated heterocycles. The van der Waals surface area contributed by atoms with Crippen molar-refractivity contribution < 1.29 is 14.7 Å². The molecule has 0 aromatic heterocycles. The van der Waals surface area contributed by atoms with E-state index in [0.717, 1.165) is 0 Å². The Labute approximate surface area is 58.0 Å². The zero-order valence-corrected chi connectivity index (χ0v) is 5.33. The second-order valence-corrected chi connectivity index (χ2v) is 1.90. The van der Waals surface area contributed by atoms with E-state index in [2.05, 4.69) is 0 Å². The lowest BCUT2D eigenvalue weighted by atomic mass is 10.2. The largest absolute Gasteiger partial charge is 0.665 e. The molecule has 0 aliphatic heterocycles. The first-order valence-corrected chi connectivity index (χ1v) is 2.76. The van der Waals surface area contributed by atoms with Gasteiger partial charge in [0.2, 0.25) is 5.91 Å². The van der Waals surface area contributed by atoms with Crippen LogP contribution in [0.3, 0.4) is 0 Å². The Morgan fingerprint density at radius 1 is 1.60 bits per heavy atom. The molecule has 0 heterocycles. The lowest BCUT2D eigenvalue weighted by Gasteiger charge is -2.11. The first kappa shape index (κ1) is 8.90. The van der Waals surface area contributed by atoms with Crippen molar-refractivity contribution in [2.24, 2.45) is 5.73 Å². The molecule has 1 amide bonds. The molecule has 0 spiro atoms. The van der Waals surface area contributed by atoms with Crippen molar-refractivity contribution in [1.82, 2.24) is 0 Å². The molecule has 0 saturated carbocycles. The van der Waals surface area contributed by atoms with Crippen molar-refractivity contribution in [1.29, 1.82) is 0 Å². The van der Waals surface area contributed by atoms with Crippen molar-refractivity contribution in [3.05, 3.63) is 5.73 Å². The average molecular weight is 145 g/mol. The summed E-state index contributed by atoms with van der Waals surface area (Å²) in [5.41, 5.74) is 11.5. The fourth-order valence-electron chi connectivity index (χ4n) is 0.410. The van der Waals surface area contributed by atoms with E-state index in [9.17, 15) is 9.59 Å². The van der Waals surface area contributed by atoms with Gasteiger partial charge in [0.15, 0.2) is 0 Å². The Bertz CT molecular complexity index is 146. The molecule has 0 fully saturated rings. The van der Waals surface area contributed by atoms with Crippen LogP contribution < -0.4 is 5.73 Å². The van der Waals surface area contributed by atoms with Crippen LogP contribution in [0.15, 0.2) is 0 Å².